The summed E-state index contributed by atoms with van der Waals surface area (Å²) in [4.78, 5) is 54.0. The monoisotopic (exact) mass is 720 g/mol. The van der Waals surface area contributed by atoms with E-state index >= 15 is 0 Å². The van der Waals surface area contributed by atoms with Crippen molar-refractivity contribution in [2.24, 2.45) is 0 Å². The number of nitrogens with zero attached hydrogens (tertiary/aromatic N) is 2. The molecule has 4 N–H and O–H groups in total. The minimum Gasteiger partial charge on any atom is -0.479 e. The highest BCUT2D eigenvalue weighted by molar-refractivity contribution is 6.28. The Bertz CT molecular complexity index is 1770. The van der Waals surface area contributed by atoms with Gasteiger partial charge in [0.25, 0.3) is 11.2 Å². The van der Waals surface area contributed by atoms with Crippen LogP contribution in [0.1, 0.15) is 75.6 Å². The van der Waals surface area contributed by atoms with Crippen LogP contribution >= 0.6 is 0 Å². The lowest BCUT2D eigenvalue weighted by molar-refractivity contribution is -0.187. The molecule has 3 atom stereocenters. The predicted molar refractivity (Wildman–Crippen MR) is 201 cm³/mol. The van der Waals surface area contributed by atoms with E-state index < -0.39 is 45.8 Å². The van der Waals surface area contributed by atoms with Crippen molar-refractivity contribution in [1.82, 2.24) is 9.80 Å². The Morgan fingerprint density at radius 1 is 0.642 bits per heavy atom. The van der Waals surface area contributed by atoms with Gasteiger partial charge in [-0.25, -0.2) is 9.59 Å². The van der Waals surface area contributed by atoms with E-state index in [0.717, 1.165) is 36.7 Å². The summed E-state index contributed by atoms with van der Waals surface area (Å²) in [6.07, 6.45) is 8.27. The van der Waals surface area contributed by atoms with Crippen LogP contribution in [0.25, 0.3) is 0 Å². The lowest BCUT2D eigenvalue weighted by Gasteiger charge is -2.43. The highest BCUT2D eigenvalue weighted by Crippen LogP contribution is 2.32. The summed E-state index contributed by atoms with van der Waals surface area (Å²) in [5.41, 5.74) is -4.40. The Morgan fingerprint density at radius 2 is 1.11 bits per heavy atom. The summed E-state index contributed by atoms with van der Waals surface area (Å²) in [5, 5.41) is 39.9. The van der Waals surface area contributed by atoms with E-state index in [0.29, 0.717) is 6.04 Å². The fraction of sp³-hybridized carbons (Fsp3) is 0.349. The highest BCUT2D eigenvalue weighted by atomic mass is 16.5. The molecule has 53 heavy (non-hydrogen) atoms. The Hall–Kier alpha value is -5.00. The van der Waals surface area contributed by atoms with Gasteiger partial charge in [0, 0.05) is 49.4 Å². The number of carbonyl (C=O) groups excluding carboxylic acids is 2. The van der Waals surface area contributed by atoms with Crippen LogP contribution in [0, 0.1) is 6.92 Å². The molecule has 6 rings (SSSR count). The largest absolute Gasteiger partial charge is 0.479 e. The first kappa shape index (κ1) is 39.2. The van der Waals surface area contributed by atoms with Crippen LogP contribution < -0.4 is 0 Å². The molecule has 1 saturated heterocycles. The molecule has 3 unspecified atom stereocenters. The normalized spacial score (nSPS) is 18.3. The second kappa shape index (κ2) is 17.7. The maximum Gasteiger partial charge on any atom is 0.348 e. The number of carboxylic acids is 2. The lowest BCUT2D eigenvalue weighted by Crippen LogP contribution is -2.71. The van der Waals surface area contributed by atoms with Gasteiger partial charge < -0.3 is 20.4 Å². The van der Waals surface area contributed by atoms with Crippen LogP contribution in [0.2, 0.25) is 0 Å². The summed E-state index contributed by atoms with van der Waals surface area (Å²) in [6, 6.07) is 34.4. The van der Waals surface area contributed by atoms with Crippen molar-refractivity contribution in [2.45, 2.75) is 68.7 Å². The molecule has 4 aromatic carbocycles. The molecule has 1 heterocycles. The molecule has 0 aromatic heterocycles. The first-order valence-corrected chi connectivity index (χ1v) is 18.2. The number of carbonyl (C=O) groups is 4. The number of hydrogen-bond acceptors (Lipinski definition) is 8. The number of benzene rings is 4. The third kappa shape index (κ3) is 8.80. The molecule has 1 aliphatic carbocycles. The molecule has 2 aliphatic rings. The van der Waals surface area contributed by atoms with Gasteiger partial charge in [-0.05, 0) is 37.3 Å². The summed E-state index contributed by atoms with van der Waals surface area (Å²) >= 11 is 0. The van der Waals surface area contributed by atoms with Gasteiger partial charge in [0.15, 0.2) is 0 Å². The van der Waals surface area contributed by atoms with Crippen molar-refractivity contribution < 1.29 is 39.6 Å². The van der Waals surface area contributed by atoms with Crippen LogP contribution in [0.5, 0.6) is 0 Å². The summed E-state index contributed by atoms with van der Waals surface area (Å²) in [5.74, 6) is -8.03. The second-order valence-electron chi connectivity index (χ2n) is 13.9. The molecular formula is C43H48N2O8. The molecule has 0 amide bonds. The maximum atomic E-state index is 12.6. The van der Waals surface area contributed by atoms with Gasteiger partial charge in [0.2, 0.25) is 11.6 Å². The average Bonchev–Trinajstić information content (AvgIpc) is 3.20. The number of aliphatic hydroxyl groups is 2. The number of rotatable bonds is 12. The number of aryl methyl sites for hydroxylation is 1. The third-order valence-electron chi connectivity index (χ3n) is 10.4. The number of hydrogen-bond donors (Lipinski definition) is 4. The first-order chi connectivity index (χ1) is 25.5. The molecule has 0 bridgehead atoms. The van der Waals surface area contributed by atoms with E-state index in [1.807, 2.05) is 0 Å². The fourth-order valence-corrected chi connectivity index (χ4v) is 7.48. The van der Waals surface area contributed by atoms with E-state index in [-0.39, 0.29) is 0 Å². The van der Waals surface area contributed by atoms with Crippen molar-refractivity contribution >= 4 is 23.5 Å². The smallest absolute Gasteiger partial charge is 0.348 e. The van der Waals surface area contributed by atoms with E-state index in [1.165, 1.54) is 111 Å². The third-order valence-corrected chi connectivity index (χ3v) is 10.4. The van der Waals surface area contributed by atoms with Crippen LogP contribution in [-0.4, -0.2) is 97.2 Å². The number of aliphatic carboxylic acids is 2. The summed E-state index contributed by atoms with van der Waals surface area (Å²) in [6.45, 7) is 7.07. The van der Waals surface area contributed by atoms with Crippen LogP contribution in [0.4, 0.5) is 0 Å². The molecule has 10 heteroatoms. The summed E-state index contributed by atoms with van der Waals surface area (Å²) in [7, 11) is 0. The van der Waals surface area contributed by atoms with E-state index in [9.17, 15) is 39.6 Å². The summed E-state index contributed by atoms with van der Waals surface area (Å²) < 4.78 is 0. The van der Waals surface area contributed by atoms with Crippen molar-refractivity contribution in [1.29, 1.82) is 0 Å². The molecule has 10 nitrogen and oxygen atoms in total. The number of piperazine rings is 1. The number of ketones is 2. The van der Waals surface area contributed by atoms with Gasteiger partial charge in [-0.2, -0.15) is 0 Å². The van der Waals surface area contributed by atoms with Crippen LogP contribution in [0.3, 0.4) is 0 Å². The Kier molecular flexibility index (Phi) is 13.1. The topological polar surface area (TPSA) is 156 Å². The van der Waals surface area contributed by atoms with Gasteiger partial charge in [0.1, 0.15) is 0 Å². The van der Waals surface area contributed by atoms with Gasteiger partial charge >= 0.3 is 11.9 Å². The Labute approximate surface area is 310 Å². The zero-order chi connectivity index (χ0) is 38.0. The second-order valence-corrected chi connectivity index (χ2v) is 13.9. The van der Waals surface area contributed by atoms with Gasteiger partial charge in [-0.3, -0.25) is 19.4 Å². The molecule has 0 radical (unpaired) electrons. The van der Waals surface area contributed by atoms with E-state index in [2.05, 4.69) is 71.3 Å². The number of carboxylic acid groups (broad SMARTS) is 2. The van der Waals surface area contributed by atoms with Gasteiger partial charge in [0.05, 0.1) is 0 Å². The molecular weight excluding hydrogens is 672 g/mol. The average molecular weight is 721 g/mol. The van der Waals surface area contributed by atoms with Crippen LogP contribution in [-0.2, 0) is 16.0 Å². The maximum absolute atomic E-state index is 12.6. The van der Waals surface area contributed by atoms with Crippen molar-refractivity contribution in [2.75, 3.05) is 26.2 Å². The minimum absolute atomic E-state index is 0.391. The first-order valence-electron chi connectivity index (χ1n) is 18.2. The highest BCUT2D eigenvalue weighted by Gasteiger charge is 2.69. The Balaban J connectivity index is 0.000000205. The molecule has 4 aromatic rings. The van der Waals surface area contributed by atoms with Gasteiger partial charge in [-0.15, -0.1) is 0 Å². The predicted octanol–water partition coefficient (Wildman–Crippen LogP) is 5.61. The number of Topliss-reactive ketones (excluding diaryl/α,β-unsaturated/α-hetero) is 2. The molecule has 278 valence electrons. The van der Waals surface area contributed by atoms with Crippen molar-refractivity contribution in [3.05, 3.63) is 143 Å². The quantitative estimate of drug-likeness (QED) is 0.107. The standard InChI is InChI=1S/C25H34N2.C18H14O8/c1-21-9-8-10-22(19-21)20-25(23-11-4-2-5-12-23)27-17-15-26(16-18-27)24-13-6-3-7-14-24;19-13(11-7-3-1-4-8-11)17(25,15(21)22)18(26,16(23)24)14(20)12-9-5-2-6-10-12/h2,4-5,8-12,19,24-25H,3,6-7,13-18,20H2,1H3;1-10,25-26H,(H,21,22)(H,23,24). The molecule has 1 saturated carbocycles. The van der Waals surface area contributed by atoms with Crippen molar-refractivity contribution in [3.8, 4) is 0 Å². The molecule has 0 spiro atoms. The zero-order valence-corrected chi connectivity index (χ0v) is 30.0. The van der Waals surface area contributed by atoms with Gasteiger partial charge in [-0.1, -0.05) is 140 Å². The van der Waals surface area contributed by atoms with E-state index in [1.54, 1.807) is 0 Å². The SMILES string of the molecule is Cc1cccc(CC(c2ccccc2)N2CCN(C3CCCCC3)CC2)c1.O=C(O)C(O)(C(=O)c1ccccc1)C(O)(C(=O)O)C(=O)c1ccccc1. The van der Waals surface area contributed by atoms with Crippen molar-refractivity contribution in [3.63, 3.8) is 0 Å². The molecule has 2 fully saturated rings. The fourth-order valence-electron chi connectivity index (χ4n) is 7.48. The zero-order valence-electron chi connectivity index (χ0n) is 30.0. The van der Waals surface area contributed by atoms with E-state index in [4.69, 9.17) is 0 Å². The minimum atomic E-state index is -3.95. The van der Waals surface area contributed by atoms with Crippen LogP contribution in [0.15, 0.2) is 115 Å². The molecule has 1 aliphatic heterocycles. The Morgan fingerprint density at radius 3 is 1.57 bits per heavy atom. The lowest BCUT2D eigenvalue weighted by atomic mass is 9.73.